The number of rotatable bonds is 2. The Hall–Kier alpha value is -1.75. The Morgan fingerprint density at radius 3 is 2.77 bits per heavy atom. The first kappa shape index (κ1) is 9.34. The normalized spacial score (nSPS) is 9.00. The van der Waals surface area contributed by atoms with Gasteiger partial charge in [0.05, 0.1) is 7.11 Å². The van der Waals surface area contributed by atoms with Gasteiger partial charge >= 0.3 is 0 Å². The van der Waals surface area contributed by atoms with Gasteiger partial charge in [0.1, 0.15) is 5.75 Å². The average molecular weight is 174 g/mol. The fraction of sp³-hybridized carbons (Fsp3) is 0.182. The minimum atomic E-state index is -0.321. The SMILES string of the molecule is C#CC(=O)c1ccc(C)c(OC)c1. The minimum absolute atomic E-state index is 0.321. The van der Waals surface area contributed by atoms with Gasteiger partial charge in [0.15, 0.2) is 0 Å². The van der Waals surface area contributed by atoms with Crippen molar-refractivity contribution in [2.24, 2.45) is 0 Å². The molecular weight excluding hydrogens is 164 g/mol. The van der Waals surface area contributed by atoms with E-state index in [4.69, 9.17) is 11.2 Å². The molecule has 0 atom stereocenters. The quantitative estimate of drug-likeness (QED) is 0.388. The highest BCUT2D eigenvalue weighted by molar-refractivity contribution is 6.08. The van der Waals surface area contributed by atoms with Crippen LogP contribution < -0.4 is 4.74 Å². The molecule has 0 fully saturated rings. The highest BCUT2D eigenvalue weighted by atomic mass is 16.5. The molecule has 0 spiro atoms. The number of methoxy groups -OCH3 is 1. The van der Waals surface area contributed by atoms with Gasteiger partial charge in [-0.2, -0.15) is 0 Å². The van der Waals surface area contributed by atoms with Crippen LogP contribution in [0.1, 0.15) is 15.9 Å². The van der Waals surface area contributed by atoms with Crippen LogP contribution in [0.15, 0.2) is 18.2 Å². The van der Waals surface area contributed by atoms with E-state index in [0.717, 1.165) is 5.56 Å². The topological polar surface area (TPSA) is 26.3 Å². The molecule has 0 heterocycles. The second-order valence-corrected chi connectivity index (χ2v) is 2.66. The van der Waals surface area contributed by atoms with Gasteiger partial charge in [-0.05, 0) is 30.5 Å². The van der Waals surface area contributed by atoms with Crippen LogP contribution in [0.25, 0.3) is 0 Å². The Morgan fingerprint density at radius 1 is 1.54 bits per heavy atom. The van der Waals surface area contributed by atoms with Crippen LogP contribution in [0.4, 0.5) is 0 Å². The third-order valence-corrected chi connectivity index (χ3v) is 1.80. The van der Waals surface area contributed by atoms with E-state index in [0.29, 0.717) is 11.3 Å². The molecule has 0 N–H and O–H groups in total. The number of hydrogen-bond donors (Lipinski definition) is 0. The number of carbonyl (C=O) groups is 1. The summed E-state index contributed by atoms with van der Waals surface area (Å²) in [4.78, 5) is 11.1. The van der Waals surface area contributed by atoms with Crippen molar-refractivity contribution in [3.63, 3.8) is 0 Å². The van der Waals surface area contributed by atoms with Crippen LogP contribution in [0.2, 0.25) is 0 Å². The molecule has 0 radical (unpaired) electrons. The molecule has 0 aliphatic heterocycles. The summed E-state index contributed by atoms with van der Waals surface area (Å²) in [5.74, 6) is 2.42. The predicted molar refractivity (Wildman–Crippen MR) is 50.9 cm³/mol. The molecule has 0 unspecified atom stereocenters. The number of ketones is 1. The van der Waals surface area contributed by atoms with Crippen molar-refractivity contribution in [1.29, 1.82) is 0 Å². The van der Waals surface area contributed by atoms with Gasteiger partial charge in [-0.15, -0.1) is 6.42 Å². The molecule has 66 valence electrons. The molecule has 0 saturated carbocycles. The fourth-order valence-electron chi connectivity index (χ4n) is 1.04. The second kappa shape index (κ2) is 3.77. The third-order valence-electron chi connectivity index (χ3n) is 1.80. The van der Waals surface area contributed by atoms with Gasteiger partial charge in [0.2, 0.25) is 5.78 Å². The van der Waals surface area contributed by atoms with Crippen LogP contribution in [-0.4, -0.2) is 12.9 Å². The summed E-state index contributed by atoms with van der Waals surface area (Å²) in [6.45, 7) is 1.91. The molecule has 0 aromatic heterocycles. The fourth-order valence-corrected chi connectivity index (χ4v) is 1.04. The molecule has 2 heteroatoms. The molecule has 0 aliphatic carbocycles. The monoisotopic (exact) mass is 174 g/mol. The van der Waals surface area contributed by atoms with E-state index in [1.807, 2.05) is 13.0 Å². The molecule has 0 saturated heterocycles. The first-order valence-corrected chi connectivity index (χ1v) is 3.84. The van der Waals surface area contributed by atoms with E-state index >= 15 is 0 Å². The summed E-state index contributed by atoms with van der Waals surface area (Å²) in [6.07, 6.45) is 4.99. The lowest BCUT2D eigenvalue weighted by Crippen LogP contribution is -1.96. The van der Waals surface area contributed by atoms with E-state index in [-0.39, 0.29) is 5.78 Å². The van der Waals surface area contributed by atoms with Crippen molar-refractivity contribution in [2.45, 2.75) is 6.92 Å². The van der Waals surface area contributed by atoms with Crippen LogP contribution in [-0.2, 0) is 0 Å². The zero-order valence-corrected chi connectivity index (χ0v) is 7.63. The predicted octanol–water partition coefficient (Wildman–Crippen LogP) is 1.82. The van der Waals surface area contributed by atoms with E-state index in [1.54, 1.807) is 19.2 Å². The number of aryl methyl sites for hydroxylation is 1. The number of terminal acetylenes is 1. The van der Waals surface area contributed by atoms with E-state index < -0.39 is 0 Å². The lowest BCUT2D eigenvalue weighted by molar-refractivity contribution is 0.105. The Morgan fingerprint density at radius 2 is 2.23 bits per heavy atom. The third kappa shape index (κ3) is 1.88. The molecule has 0 amide bonds. The van der Waals surface area contributed by atoms with Crippen molar-refractivity contribution in [3.05, 3.63) is 29.3 Å². The Balaban J connectivity index is 3.15. The molecule has 0 bridgehead atoms. The van der Waals surface area contributed by atoms with Gasteiger partial charge < -0.3 is 4.74 Å². The molecule has 0 aliphatic rings. The Kier molecular flexibility index (Phi) is 2.71. The number of carbonyl (C=O) groups excluding carboxylic acids is 1. The summed E-state index contributed by atoms with van der Waals surface area (Å²) in [5.41, 5.74) is 1.47. The first-order chi connectivity index (χ1) is 6.19. The van der Waals surface area contributed by atoms with Gasteiger partial charge in [0, 0.05) is 5.56 Å². The van der Waals surface area contributed by atoms with Crippen LogP contribution >= 0.6 is 0 Å². The maximum atomic E-state index is 11.1. The van der Waals surface area contributed by atoms with E-state index in [2.05, 4.69) is 5.92 Å². The minimum Gasteiger partial charge on any atom is -0.496 e. The Labute approximate surface area is 77.5 Å². The first-order valence-electron chi connectivity index (χ1n) is 3.84. The highest BCUT2D eigenvalue weighted by Crippen LogP contribution is 2.18. The highest BCUT2D eigenvalue weighted by Gasteiger charge is 2.04. The van der Waals surface area contributed by atoms with Gasteiger partial charge in [-0.3, -0.25) is 4.79 Å². The molecule has 13 heavy (non-hydrogen) atoms. The van der Waals surface area contributed by atoms with Crippen molar-refractivity contribution < 1.29 is 9.53 Å². The van der Waals surface area contributed by atoms with Crippen molar-refractivity contribution >= 4 is 5.78 Å². The summed E-state index contributed by atoms with van der Waals surface area (Å²) in [5, 5.41) is 0. The lowest BCUT2D eigenvalue weighted by Gasteiger charge is -2.04. The molecule has 2 nitrogen and oxygen atoms in total. The number of ether oxygens (including phenoxy) is 1. The average Bonchev–Trinajstić information content (AvgIpc) is 2.17. The standard InChI is InChI=1S/C11H10O2/c1-4-10(12)9-6-5-8(2)11(7-9)13-3/h1,5-7H,2-3H3. The molecular formula is C11H10O2. The smallest absolute Gasteiger partial charge is 0.235 e. The molecule has 1 rings (SSSR count). The van der Waals surface area contributed by atoms with E-state index in [9.17, 15) is 4.79 Å². The summed E-state index contributed by atoms with van der Waals surface area (Å²) in [6, 6.07) is 5.15. The van der Waals surface area contributed by atoms with Gasteiger partial charge in [-0.1, -0.05) is 6.07 Å². The maximum absolute atomic E-state index is 11.1. The summed E-state index contributed by atoms with van der Waals surface area (Å²) >= 11 is 0. The van der Waals surface area contributed by atoms with Crippen LogP contribution in [0.3, 0.4) is 0 Å². The van der Waals surface area contributed by atoms with Gasteiger partial charge in [-0.25, -0.2) is 0 Å². The molecule has 1 aromatic carbocycles. The zero-order chi connectivity index (χ0) is 9.84. The van der Waals surface area contributed by atoms with Crippen molar-refractivity contribution in [3.8, 4) is 18.1 Å². The lowest BCUT2D eigenvalue weighted by atomic mass is 10.1. The van der Waals surface area contributed by atoms with Crippen molar-refractivity contribution in [1.82, 2.24) is 0 Å². The largest absolute Gasteiger partial charge is 0.496 e. The number of Topliss-reactive ketones (excluding diaryl/α,β-unsaturated/α-hetero) is 1. The zero-order valence-electron chi connectivity index (χ0n) is 7.63. The Bertz CT molecular complexity index is 372. The van der Waals surface area contributed by atoms with Crippen LogP contribution in [0.5, 0.6) is 5.75 Å². The summed E-state index contributed by atoms with van der Waals surface area (Å²) in [7, 11) is 1.56. The molecule has 1 aromatic rings. The summed E-state index contributed by atoms with van der Waals surface area (Å²) < 4.78 is 5.06. The van der Waals surface area contributed by atoms with Gasteiger partial charge in [0.25, 0.3) is 0 Å². The number of benzene rings is 1. The van der Waals surface area contributed by atoms with Crippen molar-refractivity contribution in [2.75, 3.05) is 7.11 Å². The van der Waals surface area contributed by atoms with Crippen LogP contribution in [0, 0.1) is 19.3 Å². The second-order valence-electron chi connectivity index (χ2n) is 2.66. The maximum Gasteiger partial charge on any atom is 0.235 e. The number of hydrogen-bond acceptors (Lipinski definition) is 2. The van der Waals surface area contributed by atoms with E-state index in [1.165, 1.54) is 0 Å².